The van der Waals surface area contributed by atoms with E-state index in [-0.39, 0.29) is 5.54 Å². The molecule has 0 saturated heterocycles. The van der Waals surface area contributed by atoms with Crippen molar-refractivity contribution in [2.75, 3.05) is 7.11 Å². The Bertz CT molecular complexity index is 569. The Labute approximate surface area is 119 Å². The predicted octanol–water partition coefficient (Wildman–Crippen LogP) is 3.79. The maximum atomic E-state index is 6.08. The van der Waals surface area contributed by atoms with Gasteiger partial charge in [-0.25, -0.2) is 0 Å². The third-order valence-electron chi connectivity index (χ3n) is 3.00. The summed E-state index contributed by atoms with van der Waals surface area (Å²) in [4.78, 5) is 0. The van der Waals surface area contributed by atoms with Crippen LogP contribution in [-0.4, -0.2) is 17.2 Å². The summed E-state index contributed by atoms with van der Waals surface area (Å²) in [6.45, 7) is 7.86. The Morgan fingerprint density at radius 1 is 1.32 bits per heavy atom. The molecule has 2 aromatic rings. The number of nitrogens with one attached hydrogen (secondary N) is 1. The molecule has 0 aliphatic carbocycles. The Balaban J connectivity index is 2.38. The molecule has 19 heavy (non-hydrogen) atoms. The second kappa shape index (κ2) is 5.53. The maximum absolute atomic E-state index is 6.08. The Kier molecular flexibility index (Phi) is 4.19. The fraction of sp³-hybridized carbons (Fsp3) is 0.467. The highest BCUT2D eigenvalue weighted by molar-refractivity contribution is 6.31. The summed E-state index contributed by atoms with van der Waals surface area (Å²) in [5.74, 6) is 0. The summed E-state index contributed by atoms with van der Waals surface area (Å²) in [6.07, 6.45) is 2.13. The summed E-state index contributed by atoms with van der Waals surface area (Å²) >= 11 is 6.08. The molecule has 0 atom stereocenters. The second-order valence-corrected chi connectivity index (χ2v) is 6.24. The van der Waals surface area contributed by atoms with Gasteiger partial charge in [-0.3, -0.25) is 0 Å². The minimum atomic E-state index is 0.0993. The lowest BCUT2D eigenvalue weighted by atomic mass is 10.1. The number of methoxy groups -OCH3 is 1. The van der Waals surface area contributed by atoms with Crippen LogP contribution in [0.2, 0.25) is 5.02 Å². The highest BCUT2D eigenvalue weighted by Gasteiger charge is 2.13. The molecule has 0 amide bonds. The Morgan fingerprint density at radius 2 is 2.05 bits per heavy atom. The number of halogens is 1. The van der Waals surface area contributed by atoms with Crippen molar-refractivity contribution in [2.45, 2.75) is 39.6 Å². The van der Waals surface area contributed by atoms with E-state index in [1.807, 2.05) is 12.1 Å². The largest absolute Gasteiger partial charge is 0.364 e. The van der Waals surface area contributed by atoms with Crippen LogP contribution >= 0.6 is 11.6 Å². The van der Waals surface area contributed by atoms with E-state index in [1.165, 1.54) is 10.9 Å². The van der Waals surface area contributed by atoms with Gasteiger partial charge in [0.2, 0.25) is 0 Å². The van der Waals surface area contributed by atoms with Gasteiger partial charge in [-0.2, -0.15) is 0 Å². The number of nitrogens with zero attached hydrogens (tertiary/aromatic N) is 1. The lowest BCUT2D eigenvalue weighted by Gasteiger charge is -2.20. The Morgan fingerprint density at radius 3 is 2.68 bits per heavy atom. The van der Waals surface area contributed by atoms with E-state index in [0.29, 0.717) is 6.73 Å². The number of rotatable bonds is 4. The summed E-state index contributed by atoms with van der Waals surface area (Å²) in [7, 11) is 1.70. The molecule has 0 unspecified atom stereocenters. The van der Waals surface area contributed by atoms with Crippen molar-refractivity contribution in [3.63, 3.8) is 0 Å². The molecule has 104 valence electrons. The van der Waals surface area contributed by atoms with Gasteiger partial charge in [0.25, 0.3) is 0 Å². The van der Waals surface area contributed by atoms with Crippen LogP contribution in [-0.2, 0) is 18.0 Å². The van der Waals surface area contributed by atoms with E-state index in [9.17, 15) is 0 Å². The SMILES string of the molecule is COCn1cc(CNC(C)(C)C)c2ccc(Cl)cc21. The summed E-state index contributed by atoms with van der Waals surface area (Å²) in [5.41, 5.74) is 2.47. The molecule has 3 nitrogen and oxygen atoms in total. The first kappa shape index (κ1) is 14.4. The van der Waals surface area contributed by atoms with E-state index >= 15 is 0 Å². The first-order valence-electron chi connectivity index (χ1n) is 6.42. The normalized spacial score (nSPS) is 12.3. The van der Waals surface area contributed by atoms with E-state index in [4.69, 9.17) is 16.3 Å². The highest BCUT2D eigenvalue weighted by Crippen LogP contribution is 2.25. The van der Waals surface area contributed by atoms with Crippen molar-refractivity contribution in [2.24, 2.45) is 0 Å². The van der Waals surface area contributed by atoms with Crippen LogP contribution in [0, 0.1) is 0 Å². The maximum Gasteiger partial charge on any atom is 0.122 e. The lowest BCUT2D eigenvalue weighted by Crippen LogP contribution is -2.34. The number of aromatic nitrogens is 1. The molecule has 0 radical (unpaired) electrons. The zero-order valence-corrected chi connectivity index (χ0v) is 12.7. The molecule has 1 aromatic heterocycles. The molecule has 0 aliphatic rings. The van der Waals surface area contributed by atoms with E-state index in [2.05, 4.69) is 42.9 Å². The molecule has 2 rings (SSSR count). The molecule has 0 saturated carbocycles. The molecule has 1 heterocycles. The van der Waals surface area contributed by atoms with Crippen LogP contribution in [0.4, 0.5) is 0 Å². The first-order valence-corrected chi connectivity index (χ1v) is 6.80. The van der Waals surface area contributed by atoms with Crippen molar-refractivity contribution < 1.29 is 4.74 Å². The molecule has 4 heteroatoms. The topological polar surface area (TPSA) is 26.2 Å². The van der Waals surface area contributed by atoms with Crippen LogP contribution in [0.3, 0.4) is 0 Å². The van der Waals surface area contributed by atoms with Gasteiger partial charge in [-0.05, 0) is 38.5 Å². The molecular formula is C15H21ClN2O. The van der Waals surface area contributed by atoms with Crippen molar-refractivity contribution >= 4 is 22.5 Å². The van der Waals surface area contributed by atoms with Gasteiger partial charge in [-0.1, -0.05) is 17.7 Å². The number of benzene rings is 1. The number of hydrogen-bond acceptors (Lipinski definition) is 2. The molecule has 0 spiro atoms. The van der Waals surface area contributed by atoms with E-state index in [1.54, 1.807) is 7.11 Å². The van der Waals surface area contributed by atoms with Crippen LogP contribution in [0.15, 0.2) is 24.4 Å². The zero-order valence-electron chi connectivity index (χ0n) is 12.0. The van der Waals surface area contributed by atoms with E-state index < -0.39 is 0 Å². The van der Waals surface area contributed by atoms with Gasteiger partial charge in [0.15, 0.2) is 0 Å². The molecule has 1 aromatic carbocycles. The standard InChI is InChI=1S/C15H21ClN2O/c1-15(2,3)17-8-11-9-18(10-19-4)14-7-12(16)5-6-13(11)14/h5-7,9,17H,8,10H2,1-4H3. The van der Waals surface area contributed by atoms with Crippen molar-refractivity contribution in [3.05, 3.63) is 35.0 Å². The molecular weight excluding hydrogens is 260 g/mol. The quantitative estimate of drug-likeness (QED) is 0.922. The highest BCUT2D eigenvalue weighted by atomic mass is 35.5. The summed E-state index contributed by atoms with van der Waals surface area (Å²) < 4.78 is 7.32. The minimum Gasteiger partial charge on any atom is -0.364 e. The fourth-order valence-electron chi connectivity index (χ4n) is 2.09. The third kappa shape index (κ3) is 3.50. The van der Waals surface area contributed by atoms with E-state index in [0.717, 1.165) is 17.1 Å². The molecule has 1 N–H and O–H groups in total. The van der Waals surface area contributed by atoms with Crippen LogP contribution in [0.5, 0.6) is 0 Å². The third-order valence-corrected chi connectivity index (χ3v) is 3.24. The predicted molar refractivity (Wildman–Crippen MR) is 80.5 cm³/mol. The summed E-state index contributed by atoms with van der Waals surface area (Å²) in [6, 6.07) is 5.99. The molecule has 0 fully saturated rings. The summed E-state index contributed by atoms with van der Waals surface area (Å²) in [5, 5.41) is 5.48. The number of hydrogen-bond donors (Lipinski definition) is 1. The zero-order chi connectivity index (χ0) is 14.0. The molecule has 0 aliphatic heterocycles. The van der Waals surface area contributed by atoms with Gasteiger partial charge in [0, 0.05) is 35.8 Å². The minimum absolute atomic E-state index is 0.0993. The number of ether oxygens (including phenoxy) is 1. The van der Waals surface area contributed by atoms with Gasteiger partial charge >= 0.3 is 0 Å². The average Bonchev–Trinajstić information content (AvgIpc) is 2.64. The van der Waals surface area contributed by atoms with Crippen LogP contribution < -0.4 is 5.32 Å². The van der Waals surface area contributed by atoms with Gasteiger partial charge in [-0.15, -0.1) is 0 Å². The first-order chi connectivity index (χ1) is 8.90. The average molecular weight is 281 g/mol. The number of fused-ring (bicyclic) bond motifs is 1. The molecule has 0 bridgehead atoms. The van der Waals surface area contributed by atoms with Crippen molar-refractivity contribution in [3.8, 4) is 0 Å². The van der Waals surface area contributed by atoms with Gasteiger partial charge in [0.05, 0.1) is 5.52 Å². The van der Waals surface area contributed by atoms with Gasteiger partial charge < -0.3 is 14.6 Å². The smallest absolute Gasteiger partial charge is 0.122 e. The Hall–Kier alpha value is -1.03. The fourth-order valence-corrected chi connectivity index (χ4v) is 2.25. The lowest BCUT2D eigenvalue weighted by molar-refractivity contribution is 0.134. The van der Waals surface area contributed by atoms with Crippen LogP contribution in [0.1, 0.15) is 26.3 Å². The second-order valence-electron chi connectivity index (χ2n) is 5.81. The van der Waals surface area contributed by atoms with Crippen molar-refractivity contribution in [1.29, 1.82) is 0 Å². The van der Waals surface area contributed by atoms with Crippen LogP contribution in [0.25, 0.3) is 10.9 Å². The van der Waals surface area contributed by atoms with Gasteiger partial charge in [0.1, 0.15) is 6.73 Å². The van der Waals surface area contributed by atoms with Crippen molar-refractivity contribution in [1.82, 2.24) is 9.88 Å². The monoisotopic (exact) mass is 280 g/mol.